The second-order valence-corrected chi connectivity index (χ2v) is 6.07. The van der Waals surface area contributed by atoms with Crippen LogP contribution in [0.25, 0.3) is 10.1 Å². The van der Waals surface area contributed by atoms with E-state index in [1.807, 2.05) is 6.92 Å². The lowest BCUT2D eigenvalue weighted by Crippen LogP contribution is -2.35. The molecular weight excluding hydrogens is 287 g/mol. The molecule has 21 heavy (non-hydrogen) atoms. The van der Waals surface area contributed by atoms with Crippen LogP contribution in [0.3, 0.4) is 0 Å². The molecule has 2 rings (SSSR count). The minimum absolute atomic E-state index is 0.215. The highest BCUT2D eigenvalue weighted by atomic mass is 32.1. The fraction of sp³-hybridized carbons (Fsp3) is 0.375. The van der Waals surface area contributed by atoms with E-state index >= 15 is 0 Å². The minimum atomic E-state index is -0.447. The van der Waals surface area contributed by atoms with Gasteiger partial charge in [-0.3, -0.25) is 4.79 Å². The summed E-state index contributed by atoms with van der Waals surface area (Å²) in [6, 6.07) is 6.55. The first-order chi connectivity index (χ1) is 10.0. The standard InChI is InChI=1S/C16H17FN2OS/c1-4-6-11(9-18)19(3)16(20)15-10(2)14-12(17)7-5-8-13(14)21-15/h5,7-8,11H,4,6H2,1-3H3. The van der Waals surface area contributed by atoms with Crippen LogP contribution in [0.1, 0.15) is 35.0 Å². The number of nitriles is 1. The number of hydrogen-bond acceptors (Lipinski definition) is 3. The summed E-state index contributed by atoms with van der Waals surface area (Å²) in [4.78, 5) is 14.6. The third-order valence-corrected chi connectivity index (χ3v) is 4.84. The molecule has 0 aliphatic rings. The summed E-state index contributed by atoms with van der Waals surface area (Å²) in [5.41, 5.74) is 0.651. The van der Waals surface area contributed by atoms with E-state index in [1.54, 1.807) is 26.1 Å². The molecule has 110 valence electrons. The summed E-state index contributed by atoms with van der Waals surface area (Å²) in [6.07, 6.45) is 1.47. The maximum atomic E-state index is 13.9. The van der Waals surface area contributed by atoms with E-state index in [0.717, 1.165) is 11.1 Å². The van der Waals surface area contributed by atoms with E-state index in [0.29, 0.717) is 22.2 Å². The highest BCUT2D eigenvalue weighted by Crippen LogP contribution is 2.33. The number of aryl methyl sites for hydroxylation is 1. The van der Waals surface area contributed by atoms with Gasteiger partial charge in [0.15, 0.2) is 0 Å². The molecule has 5 heteroatoms. The van der Waals surface area contributed by atoms with Crippen molar-refractivity contribution < 1.29 is 9.18 Å². The number of halogens is 1. The molecule has 0 aliphatic heterocycles. The molecule has 1 atom stereocenters. The van der Waals surface area contributed by atoms with E-state index in [2.05, 4.69) is 6.07 Å². The van der Waals surface area contributed by atoms with Crippen LogP contribution < -0.4 is 0 Å². The topological polar surface area (TPSA) is 44.1 Å². The van der Waals surface area contributed by atoms with Crippen LogP contribution in [0.15, 0.2) is 18.2 Å². The first-order valence-electron chi connectivity index (χ1n) is 6.85. The van der Waals surface area contributed by atoms with Crippen LogP contribution in [0, 0.1) is 24.1 Å². The van der Waals surface area contributed by atoms with Crippen molar-refractivity contribution in [1.82, 2.24) is 4.90 Å². The predicted octanol–water partition coefficient (Wildman–Crippen LogP) is 4.11. The summed E-state index contributed by atoms with van der Waals surface area (Å²) in [5.74, 6) is -0.526. The van der Waals surface area contributed by atoms with Crippen molar-refractivity contribution in [1.29, 1.82) is 5.26 Å². The number of hydrogen-bond donors (Lipinski definition) is 0. The van der Waals surface area contributed by atoms with Crippen molar-refractivity contribution in [3.05, 3.63) is 34.5 Å². The van der Waals surface area contributed by atoms with Gasteiger partial charge in [-0.1, -0.05) is 19.4 Å². The fourth-order valence-electron chi connectivity index (χ4n) is 2.38. The van der Waals surface area contributed by atoms with Crippen molar-refractivity contribution in [2.45, 2.75) is 32.7 Å². The number of carbonyl (C=O) groups is 1. The van der Waals surface area contributed by atoms with E-state index in [-0.39, 0.29) is 11.7 Å². The van der Waals surface area contributed by atoms with Gasteiger partial charge >= 0.3 is 0 Å². The summed E-state index contributed by atoms with van der Waals surface area (Å²) >= 11 is 1.28. The Morgan fingerprint density at radius 3 is 2.81 bits per heavy atom. The van der Waals surface area contributed by atoms with Gasteiger partial charge in [0.05, 0.1) is 10.9 Å². The lowest BCUT2D eigenvalue weighted by molar-refractivity contribution is 0.0763. The molecule has 0 saturated carbocycles. The average molecular weight is 304 g/mol. The van der Waals surface area contributed by atoms with Gasteiger partial charge in [-0.2, -0.15) is 5.26 Å². The Balaban J connectivity index is 2.42. The quantitative estimate of drug-likeness (QED) is 0.853. The maximum absolute atomic E-state index is 13.9. The smallest absolute Gasteiger partial charge is 0.265 e. The van der Waals surface area contributed by atoms with Crippen LogP contribution in [-0.2, 0) is 0 Å². The van der Waals surface area contributed by atoms with Gasteiger partial charge in [-0.15, -0.1) is 11.3 Å². The fourth-order valence-corrected chi connectivity index (χ4v) is 3.58. The normalized spacial score (nSPS) is 12.1. The van der Waals surface area contributed by atoms with Crippen LogP contribution >= 0.6 is 11.3 Å². The second kappa shape index (κ2) is 6.23. The summed E-state index contributed by atoms with van der Waals surface area (Å²) in [6.45, 7) is 3.73. The first-order valence-corrected chi connectivity index (χ1v) is 7.67. The van der Waals surface area contributed by atoms with E-state index < -0.39 is 6.04 Å². The van der Waals surface area contributed by atoms with Gasteiger partial charge in [0, 0.05) is 17.1 Å². The molecule has 0 radical (unpaired) electrons. The lowest BCUT2D eigenvalue weighted by Gasteiger charge is -2.22. The molecule has 0 N–H and O–H groups in total. The third kappa shape index (κ3) is 2.77. The van der Waals surface area contributed by atoms with Gasteiger partial charge in [0.1, 0.15) is 11.9 Å². The molecule has 1 aromatic heterocycles. The van der Waals surface area contributed by atoms with Crippen LogP contribution in [0.4, 0.5) is 4.39 Å². The molecule has 0 aliphatic carbocycles. The summed E-state index contributed by atoms with van der Waals surface area (Å²) in [5, 5.41) is 9.68. The molecule has 1 unspecified atom stereocenters. The third-order valence-electron chi connectivity index (χ3n) is 3.60. The van der Waals surface area contributed by atoms with Gasteiger partial charge < -0.3 is 4.90 Å². The van der Waals surface area contributed by atoms with Crippen molar-refractivity contribution >= 4 is 27.3 Å². The molecule has 0 spiro atoms. The zero-order chi connectivity index (χ0) is 15.6. The number of amides is 1. The Bertz CT molecular complexity index is 717. The lowest BCUT2D eigenvalue weighted by atomic mass is 10.1. The molecule has 1 amide bonds. The van der Waals surface area contributed by atoms with E-state index in [4.69, 9.17) is 0 Å². The van der Waals surface area contributed by atoms with Crippen LogP contribution in [-0.4, -0.2) is 23.9 Å². The van der Waals surface area contributed by atoms with Crippen molar-refractivity contribution in [2.75, 3.05) is 7.05 Å². The highest BCUT2D eigenvalue weighted by Gasteiger charge is 2.24. The number of carbonyl (C=O) groups excluding carboxylic acids is 1. The van der Waals surface area contributed by atoms with E-state index in [1.165, 1.54) is 22.3 Å². The van der Waals surface area contributed by atoms with Crippen LogP contribution in [0.5, 0.6) is 0 Å². The molecule has 0 saturated heterocycles. The highest BCUT2D eigenvalue weighted by molar-refractivity contribution is 7.21. The Kier molecular flexibility index (Phi) is 4.59. The number of rotatable bonds is 4. The number of benzene rings is 1. The van der Waals surface area contributed by atoms with Gasteiger partial charge in [-0.25, -0.2) is 4.39 Å². The Morgan fingerprint density at radius 2 is 2.24 bits per heavy atom. The monoisotopic (exact) mass is 304 g/mol. The van der Waals surface area contributed by atoms with Gasteiger partial charge in [0.25, 0.3) is 5.91 Å². The molecule has 0 bridgehead atoms. The Morgan fingerprint density at radius 1 is 1.52 bits per heavy atom. The minimum Gasteiger partial charge on any atom is -0.325 e. The number of nitrogens with zero attached hydrogens (tertiary/aromatic N) is 2. The van der Waals surface area contributed by atoms with Gasteiger partial charge in [-0.05, 0) is 31.0 Å². The zero-order valence-corrected chi connectivity index (χ0v) is 13.1. The zero-order valence-electron chi connectivity index (χ0n) is 12.3. The molecule has 0 fully saturated rings. The number of thiophene rings is 1. The molecule has 2 aromatic rings. The SMILES string of the molecule is CCCC(C#N)N(C)C(=O)c1sc2cccc(F)c2c1C. The predicted molar refractivity (Wildman–Crippen MR) is 82.9 cm³/mol. The maximum Gasteiger partial charge on any atom is 0.265 e. The number of fused-ring (bicyclic) bond motifs is 1. The van der Waals surface area contributed by atoms with E-state index in [9.17, 15) is 14.4 Å². The summed E-state index contributed by atoms with van der Waals surface area (Å²) in [7, 11) is 1.63. The Hall–Kier alpha value is -1.93. The molecule has 1 heterocycles. The van der Waals surface area contributed by atoms with Crippen LogP contribution in [0.2, 0.25) is 0 Å². The Labute approximate surface area is 127 Å². The van der Waals surface area contributed by atoms with Crippen molar-refractivity contribution in [2.24, 2.45) is 0 Å². The van der Waals surface area contributed by atoms with Crippen molar-refractivity contribution in [3.63, 3.8) is 0 Å². The molecular formula is C16H17FN2OS. The molecule has 3 nitrogen and oxygen atoms in total. The van der Waals surface area contributed by atoms with Gasteiger partial charge in [0.2, 0.25) is 0 Å². The largest absolute Gasteiger partial charge is 0.325 e. The van der Waals surface area contributed by atoms with Crippen molar-refractivity contribution in [3.8, 4) is 6.07 Å². The average Bonchev–Trinajstić information content (AvgIpc) is 2.81. The molecule has 1 aromatic carbocycles. The summed E-state index contributed by atoms with van der Waals surface area (Å²) < 4.78 is 14.7. The first kappa shape index (κ1) is 15.5. The second-order valence-electron chi connectivity index (χ2n) is 5.02.